The highest BCUT2D eigenvalue weighted by Gasteiger charge is 2.27. The third-order valence-electron chi connectivity index (χ3n) is 4.66. The number of nitrogens with zero attached hydrogens (tertiary/aromatic N) is 2. The highest BCUT2D eigenvalue weighted by atomic mass is 32.2. The topological polar surface area (TPSA) is 57.7 Å². The number of hydrogen-bond acceptors (Lipinski definition) is 4. The summed E-state index contributed by atoms with van der Waals surface area (Å²) >= 11 is 1.61. The Labute approximate surface area is 152 Å². The Morgan fingerprint density at radius 1 is 1.16 bits per heavy atom. The number of hydrogen-bond donors (Lipinski definition) is 0. The molecule has 0 saturated carbocycles. The Morgan fingerprint density at radius 3 is 2.36 bits per heavy atom. The third-order valence-corrected chi connectivity index (χ3v) is 7.62. The number of thiophene rings is 1. The van der Waals surface area contributed by atoms with E-state index >= 15 is 0 Å². The maximum Gasteiger partial charge on any atom is 0.254 e. The smallest absolute Gasteiger partial charge is 0.254 e. The Balaban J connectivity index is 1.76. The first-order valence-electron chi connectivity index (χ1n) is 8.32. The van der Waals surface area contributed by atoms with Gasteiger partial charge in [-0.2, -0.15) is 4.31 Å². The minimum atomic E-state index is -3.44. The average Bonchev–Trinajstić information content (AvgIpc) is 3.33. The van der Waals surface area contributed by atoms with Crippen molar-refractivity contribution in [3.8, 4) is 0 Å². The van der Waals surface area contributed by atoms with Crippen molar-refractivity contribution in [2.24, 2.45) is 0 Å². The molecule has 1 aliphatic rings. The average molecular weight is 379 g/mol. The second-order valence-electron chi connectivity index (χ2n) is 6.24. The Bertz CT molecular complexity index is 824. The fourth-order valence-electron chi connectivity index (χ4n) is 2.95. The van der Waals surface area contributed by atoms with E-state index in [1.165, 1.54) is 16.4 Å². The molecule has 0 unspecified atom stereocenters. The van der Waals surface area contributed by atoms with Gasteiger partial charge >= 0.3 is 0 Å². The molecule has 1 aromatic heterocycles. The lowest BCUT2D eigenvalue weighted by atomic mass is 10.1. The molecule has 1 aromatic carbocycles. The van der Waals surface area contributed by atoms with Gasteiger partial charge in [-0.1, -0.05) is 6.07 Å². The molecule has 1 saturated heterocycles. The van der Waals surface area contributed by atoms with E-state index in [9.17, 15) is 13.2 Å². The molecule has 1 atom stereocenters. The molecule has 134 valence electrons. The molecule has 5 nitrogen and oxygen atoms in total. The molecule has 1 amide bonds. The van der Waals surface area contributed by atoms with Gasteiger partial charge in [0, 0.05) is 30.6 Å². The van der Waals surface area contributed by atoms with E-state index < -0.39 is 10.0 Å². The number of carbonyl (C=O) groups is 1. The summed E-state index contributed by atoms with van der Waals surface area (Å²) in [6, 6.07) is 10.2. The molecule has 7 heteroatoms. The van der Waals surface area contributed by atoms with Crippen LogP contribution in [0.1, 0.15) is 41.0 Å². The molecule has 2 heterocycles. The van der Waals surface area contributed by atoms with Crippen molar-refractivity contribution in [3.63, 3.8) is 0 Å². The fraction of sp³-hybridized carbons (Fsp3) is 0.389. The Hall–Kier alpha value is -1.70. The van der Waals surface area contributed by atoms with Crippen molar-refractivity contribution in [2.75, 3.05) is 20.1 Å². The summed E-state index contributed by atoms with van der Waals surface area (Å²) in [5, 5.41) is 1.99. The largest absolute Gasteiger partial charge is 0.334 e. The highest BCUT2D eigenvalue weighted by Crippen LogP contribution is 2.26. The zero-order chi connectivity index (χ0) is 18.0. The summed E-state index contributed by atoms with van der Waals surface area (Å²) in [6.07, 6.45) is 1.81. The standard InChI is InChI=1S/C18H22N2O3S2/c1-14(17-6-5-13-24-17)19(2)18(21)15-7-9-16(10-8-15)25(22,23)20-11-3-4-12-20/h5-10,13-14H,3-4,11-12H2,1-2H3/t14-/m0/s1. The molecule has 0 N–H and O–H groups in total. The highest BCUT2D eigenvalue weighted by molar-refractivity contribution is 7.89. The SMILES string of the molecule is C[C@@H](c1cccs1)N(C)C(=O)c1ccc(S(=O)(=O)N2CCCC2)cc1. The van der Waals surface area contributed by atoms with Crippen molar-refractivity contribution in [1.29, 1.82) is 0 Å². The molecule has 0 spiro atoms. The summed E-state index contributed by atoms with van der Waals surface area (Å²) in [4.78, 5) is 15.7. The number of sulfonamides is 1. The van der Waals surface area contributed by atoms with Gasteiger partial charge in [-0.05, 0) is 55.5 Å². The summed E-state index contributed by atoms with van der Waals surface area (Å²) in [5.41, 5.74) is 0.492. The molecule has 0 radical (unpaired) electrons. The molecule has 1 fully saturated rings. The van der Waals surface area contributed by atoms with Gasteiger partial charge in [0.2, 0.25) is 10.0 Å². The van der Waals surface area contributed by atoms with Crippen LogP contribution in [0.25, 0.3) is 0 Å². The lowest BCUT2D eigenvalue weighted by Crippen LogP contribution is -2.30. The van der Waals surface area contributed by atoms with E-state index in [4.69, 9.17) is 0 Å². The second kappa shape index (κ2) is 7.27. The first kappa shape index (κ1) is 18.1. The minimum Gasteiger partial charge on any atom is -0.334 e. The first-order valence-corrected chi connectivity index (χ1v) is 10.6. The third kappa shape index (κ3) is 3.63. The molecule has 0 aliphatic carbocycles. The lowest BCUT2D eigenvalue weighted by molar-refractivity contribution is 0.0745. The fourth-order valence-corrected chi connectivity index (χ4v) is 5.29. The number of carbonyl (C=O) groups excluding carboxylic acids is 1. The van der Waals surface area contributed by atoms with E-state index in [1.54, 1.807) is 35.4 Å². The number of amides is 1. The first-order chi connectivity index (χ1) is 11.9. The quantitative estimate of drug-likeness (QED) is 0.801. The number of benzene rings is 1. The minimum absolute atomic E-state index is 0.0273. The van der Waals surface area contributed by atoms with Crippen LogP contribution in [-0.4, -0.2) is 43.7 Å². The van der Waals surface area contributed by atoms with Crippen LogP contribution in [0.15, 0.2) is 46.7 Å². The van der Waals surface area contributed by atoms with Crippen molar-refractivity contribution in [2.45, 2.75) is 30.7 Å². The second-order valence-corrected chi connectivity index (χ2v) is 9.16. The summed E-state index contributed by atoms with van der Waals surface area (Å²) in [7, 11) is -1.68. The summed E-state index contributed by atoms with van der Waals surface area (Å²) in [6.45, 7) is 3.13. The van der Waals surface area contributed by atoms with Crippen molar-refractivity contribution in [1.82, 2.24) is 9.21 Å². The van der Waals surface area contributed by atoms with E-state index in [1.807, 2.05) is 24.4 Å². The van der Waals surface area contributed by atoms with Gasteiger partial charge in [0.1, 0.15) is 0 Å². The van der Waals surface area contributed by atoms with Crippen LogP contribution < -0.4 is 0 Å². The monoisotopic (exact) mass is 378 g/mol. The van der Waals surface area contributed by atoms with Crippen molar-refractivity contribution in [3.05, 3.63) is 52.2 Å². The van der Waals surface area contributed by atoms with Gasteiger partial charge in [0.25, 0.3) is 5.91 Å². The maximum absolute atomic E-state index is 12.7. The van der Waals surface area contributed by atoms with Crippen molar-refractivity contribution >= 4 is 27.3 Å². The maximum atomic E-state index is 12.7. The summed E-state index contributed by atoms with van der Waals surface area (Å²) < 4.78 is 26.6. The zero-order valence-electron chi connectivity index (χ0n) is 14.4. The van der Waals surface area contributed by atoms with E-state index in [2.05, 4.69) is 0 Å². The lowest BCUT2D eigenvalue weighted by Gasteiger charge is -2.24. The normalized spacial score (nSPS) is 16.7. The predicted molar refractivity (Wildman–Crippen MR) is 99.3 cm³/mol. The van der Waals surface area contributed by atoms with Crippen LogP contribution in [-0.2, 0) is 10.0 Å². The van der Waals surface area contributed by atoms with Crippen LogP contribution in [0.2, 0.25) is 0 Å². The van der Waals surface area contributed by atoms with E-state index in [-0.39, 0.29) is 16.8 Å². The van der Waals surface area contributed by atoms with E-state index in [0.29, 0.717) is 18.7 Å². The van der Waals surface area contributed by atoms with Crippen LogP contribution in [0.4, 0.5) is 0 Å². The Morgan fingerprint density at radius 2 is 1.80 bits per heavy atom. The summed E-state index contributed by atoms with van der Waals surface area (Å²) in [5.74, 6) is -0.119. The molecular formula is C18H22N2O3S2. The van der Waals surface area contributed by atoms with Crippen LogP contribution in [0.3, 0.4) is 0 Å². The van der Waals surface area contributed by atoms with Gasteiger partial charge in [0.05, 0.1) is 10.9 Å². The van der Waals surface area contributed by atoms with Gasteiger partial charge in [-0.3, -0.25) is 4.79 Å². The number of rotatable bonds is 5. The van der Waals surface area contributed by atoms with Gasteiger partial charge in [-0.15, -0.1) is 11.3 Å². The molecule has 3 rings (SSSR count). The molecule has 2 aromatic rings. The van der Waals surface area contributed by atoms with Crippen LogP contribution in [0, 0.1) is 0 Å². The zero-order valence-corrected chi connectivity index (χ0v) is 16.0. The molecular weight excluding hydrogens is 356 g/mol. The van der Waals surface area contributed by atoms with Crippen LogP contribution >= 0.6 is 11.3 Å². The van der Waals surface area contributed by atoms with E-state index in [0.717, 1.165) is 17.7 Å². The molecule has 25 heavy (non-hydrogen) atoms. The van der Waals surface area contributed by atoms with Crippen LogP contribution in [0.5, 0.6) is 0 Å². The van der Waals surface area contributed by atoms with Gasteiger partial charge in [-0.25, -0.2) is 8.42 Å². The Kier molecular flexibility index (Phi) is 5.27. The predicted octanol–water partition coefficient (Wildman–Crippen LogP) is 3.37. The molecule has 1 aliphatic heterocycles. The molecule has 0 bridgehead atoms. The van der Waals surface area contributed by atoms with Gasteiger partial charge < -0.3 is 4.90 Å². The van der Waals surface area contributed by atoms with Gasteiger partial charge in [0.15, 0.2) is 0 Å². The van der Waals surface area contributed by atoms with Crippen molar-refractivity contribution < 1.29 is 13.2 Å².